The van der Waals surface area contributed by atoms with Gasteiger partial charge in [-0.15, -0.1) is 0 Å². The maximum atomic E-state index is 11.2. The van der Waals surface area contributed by atoms with Gasteiger partial charge in [0, 0.05) is 18.9 Å². The quantitative estimate of drug-likeness (QED) is 0.757. The summed E-state index contributed by atoms with van der Waals surface area (Å²) in [6.45, 7) is 2.57. The van der Waals surface area contributed by atoms with Crippen LogP contribution in [0.1, 0.15) is 26.2 Å². The van der Waals surface area contributed by atoms with E-state index in [9.17, 15) is 9.90 Å². The number of aliphatic hydroxyl groups is 1. The molecule has 0 spiro atoms. The second-order valence-electron chi connectivity index (χ2n) is 3.30. The summed E-state index contributed by atoms with van der Waals surface area (Å²) in [7, 11) is 0. The predicted octanol–water partition coefficient (Wildman–Crippen LogP) is 0.794. The lowest BCUT2D eigenvalue weighted by atomic mass is 10.1. The van der Waals surface area contributed by atoms with E-state index in [-0.39, 0.29) is 11.8 Å². The van der Waals surface area contributed by atoms with Crippen molar-refractivity contribution in [1.29, 1.82) is 0 Å². The number of hydrogen-bond donors (Lipinski definition) is 1. The molecule has 0 amide bonds. The molecule has 1 rings (SSSR count). The van der Waals surface area contributed by atoms with Crippen molar-refractivity contribution in [2.24, 2.45) is 0 Å². The maximum Gasteiger partial charge on any atom is 0.347 e. The van der Waals surface area contributed by atoms with Crippen molar-refractivity contribution in [3.8, 4) is 0 Å². The lowest BCUT2D eigenvalue weighted by Gasteiger charge is -2.07. The minimum Gasteiger partial charge on any atom is -0.393 e. The fraction of sp³-hybridized carbons (Fsp3) is 0.600. The molecule has 0 aliphatic rings. The predicted molar refractivity (Wildman–Crippen MR) is 54.0 cm³/mol. The zero-order chi connectivity index (χ0) is 10.4. The molecular formula is C10H16N2O2. The van der Waals surface area contributed by atoms with Gasteiger partial charge in [0.05, 0.1) is 6.10 Å². The van der Waals surface area contributed by atoms with Gasteiger partial charge in [0.15, 0.2) is 0 Å². The highest BCUT2D eigenvalue weighted by Gasteiger charge is 2.00. The maximum absolute atomic E-state index is 11.2. The summed E-state index contributed by atoms with van der Waals surface area (Å²) >= 11 is 0. The summed E-state index contributed by atoms with van der Waals surface area (Å²) in [5, 5.41) is 9.30. The van der Waals surface area contributed by atoms with Crippen molar-refractivity contribution in [3.63, 3.8) is 0 Å². The molecule has 78 valence electrons. The fourth-order valence-corrected chi connectivity index (χ4v) is 1.26. The van der Waals surface area contributed by atoms with Crippen molar-refractivity contribution in [3.05, 3.63) is 28.9 Å². The summed E-state index contributed by atoms with van der Waals surface area (Å²) in [4.78, 5) is 14.8. The molecule has 4 heteroatoms. The molecule has 1 N–H and O–H groups in total. The normalized spacial score (nSPS) is 12.7. The molecule has 0 aromatic carbocycles. The molecule has 1 heterocycles. The van der Waals surface area contributed by atoms with E-state index >= 15 is 0 Å². The topological polar surface area (TPSA) is 55.1 Å². The van der Waals surface area contributed by atoms with Crippen LogP contribution in [0.2, 0.25) is 0 Å². The van der Waals surface area contributed by atoms with Crippen LogP contribution in [-0.2, 0) is 6.54 Å². The number of hydrogen-bond acceptors (Lipinski definition) is 3. The number of rotatable bonds is 5. The van der Waals surface area contributed by atoms with Crippen LogP contribution in [0.5, 0.6) is 0 Å². The van der Waals surface area contributed by atoms with Crippen molar-refractivity contribution in [1.82, 2.24) is 9.55 Å². The molecule has 0 saturated carbocycles. The number of aromatic nitrogens is 2. The number of nitrogens with zero attached hydrogens (tertiary/aromatic N) is 2. The van der Waals surface area contributed by atoms with E-state index in [4.69, 9.17) is 0 Å². The lowest BCUT2D eigenvalue weighted by molar-refractivity contribution is 0.155. The highest BCUT2D eigenvalue weighted by atomic mass is 16.3. The van der Waals surface area contributed by atoms with Crippen LogP contribution in [0.3, 0.4) is 0 Å². The third-order valence-corrected chi connectivity index (χ3v) is 2.19. The van der Waals surface area contributed by atoms with Crippen LogP contribution in [0.15, 0.2) is 23.3 Å². The van der Waals surface area contributed by atoms with Gasteiger partial charge in [-0.05, 0) is 25.3 Å². The zero-order valence-corrected chi connectivity index (χ0v) is 8.39. The van der Waals surface area contributed by atoms with Crippen LogP contribution in [-0.4, -0.2) is 20.8 Å². The molecule has 0 fully saturated rings. The summed E-state index contributed by atoms with van der Waals surface area (Å²) in [6.07, 6.45) is 5.26. The van der Waals surface area contributed by atoms with Crippen LogP contribution in [0.25, 0.3) is 0 Å². The Balaban J connectivity index is 2.39. The van der Waals surface area contributed by atoms with Crippen LogP contribution in [0, 0.1) is 0 Å². The SMILES string of the molecule is CCC(O)CCCn1cccnc1=O. The first kappa shape index (κ1) is 10.9. The molecule has 0 bridgehead atoms. The fourth-order valence-electron chi connectivity index (χ4n) is 1.26. The number of aliphatic hydroxyl groups excluding tert-OH is 1. The molecule has 0 aliphatic carbocycles. The minimum absolute atomic E-state index is 0.224. The average Bonchev–Trinajstić information content (AvgIpc) is 2.20. The summed E-state index contributed by atoms with van der Waals surface area (Å²) in [5.74, 6) is 0. The van der Waals surface area contributed by atoms with E-state index in [0.29, 0.717) is 6.54 Å². The van der Waals surface area contributed by atoms with Gasteiger partial charge in [-0.2, -0.15) is 0 Å². The number of aryl methyl sites for hydroxylation is 1. The largest absolute Gasteiger partial charge is 0.393 e. The second-order valence-corrected chi connectivity index (χ2v) is 3.30. The van der Waals surface area contributed by atoms with Gasteiger partial charge >= 0.3 is 5.69 Å². The first-order chi connectivity index (χ1) is 6.74. The van der Waals surface area contributed by atoms with E-state index in [0.717, 1.165) is 19.3 Å². The lowest BCUT2D eigenvalue weighted by Crippen LogP contribution is -2.22. The van der Waals surface area contributed by atoms with E-state index in [1.54, 1.807) is 16.8 Å². The molecule has 0 saturated heterocycles. The van der Waals surface area contributed by atoms with Crippen LogP contribution >= 0.6 is 0 Å². The molecule has 1 aromatic heterocycles. The van der Waals surface area contributed by atoms with Gasteiger partial charge in [-0.25, -0.2) is 9.78 Å². The summed E-state index contributed by atoms with van der Waals surface area (Å²) in [6, 6.07) is 1.73. The van der Waals surface area contributed by atoms with Crippen LogP contribution < -0.4 is 5.69 Å². The Morgan fingerprint density at radius 3 is 3.07 bits per heavy atom. The Hall–Kier alpha value is -1.16. The van der Waals surface area contributed by atoms with Crippen molar-refractivity contribution < 1.29 is 5.11 Å². The smallest absolute Gasteiger partial charge is 0.347 e. The Morgan fingerprint density at radius 1 is 1.64 bits per heavy atom. The minimum atomic E-state index is -0.248. The Morgan fingerprint density at radius 2 is 2.43 bits per heavy atom. The molecule has 0 radical (unpaired) electrons. The molecule has 0 aliphatic heterocycles. The highest BCUT2D eigenvalue weighted by molar-refractivity contribution is 4.80. The van der Waals surface area contributed by atoms with Gasteiger partial charge in [-0.1, -0.05) is 6.92 Å². The molecule has 4 nitrogen and oxygen atoms in total. The van der Waals surface area contributed by atoms with Crippen molar-refractivity contribution in [2.75, 3.05) is 0 Å². The summed E-state index contributed by atoms with van der Waals surface area (Å²) in [5.41, 5.74) is -0.224. The first-order valence-electron chi connectivity index (χ1n) is 4.93. The van der Waals surface area contributed by atoms with Gasteiger partial charge in [0.25, 0.3) is 0 Å². The van der Waals surface area contributed by atoms with Gasteiger partial charge < -0.3 is 5.11 Å². The Bertz CT molecular complexity index is 322. The van der Waals surface area contributed by atoms with E-state index < -0.39 is 0 Å². The van der Waals surface area contributed by atoms with E-state index in [1.165, 1.54) is 6.20 Å². The molecule has 14 heavy (non-hydrogen) atoms. The molecule has 1 aromatic rings. The highest BCUT2D eigenvalue weighted by Crippen LogP contribution is 2.01. The van der Waals surface area contributed by atoms with Crippen LogP contribution in [0.4, 0.5) is 0 Å². The molecule has 1 unspecified atom stereocenters. The van der Waals surface area contributed by atoms with Gasteiger partial charge in [0.2, 0.25) is 0 Å². The molecule has 1 atom stereocenters. The monoisotopic (exact) mass is 196 g/mol. The van der Waals surface area contributed by atoms with Gasteiger partial charge in [0.1, 0.15) is 0 Å². The second kappa shape index (κ2) is 5.54. The van der Waals surface area contributed by atoms with Crippen molar-refractivity contribution in [2.45, 2.75) is 38.8 Å². The van der Waals surface area contributed by atoms with Gasteiger partial charge in [-0.3, -0.25) is 4.57 Å². The average molecular weight is 196 g/mol. The Labute approximate surface area is 83.2 Å². The summed E-state index contributed by atoms with van der Waals surface area (Å²) < 4.78 is 1.56. The van der Waals surface area contributed by atoms with E-state index in [1.807, 2.05) is 6.92 Å². The molecular weight excluding hydrogens is 180 g/mol. The van der Waals surface area contributed by atoms with E-state index in [2.05, 4.69) is 4.98 Å². The zero-order valence-electron chi connectivity index (χ0n) is 8.39. The Kier molecular flexibility index (Phi) is 4.32. The van der Waals surface area contributed by atoms with Crippen molar-refractivity contribution >= 4 is 0 Å². The first-order valence-corrected chi connectivity index (χ1v) is 4.93. The standard InChI is InChI=1S/C10H16N2O2/c1-2-9(13)5-3-7-12-8-4-6-11-10(12)14/h4,6,8-9,13H,2-3,5,7H2,1H3. The third kappa shape index (κ3) is 3.30. The third-order valence-electron chi connectivity index (χ3n) is 2.19.